The lowest BCUT2D eigenvalue weighted by atomic mass is 10.0. The minimum Gasteiger partial charge on any atom is -0.359 e. The molecule has 1 amide bonds. The van der Waals surface area contributed by atoms with Gasteiger partial charge in [-0.2, -0.15) is 0 Å². The molecule has 4 heteroatoms. The lowest BCUT2D eigenvalue weighted by Gasteiger charge is -2.28. The summed E-state index contributed by atoms with van der Waals surface area (Å²) in [6, 6.07) is 11.3. The number of para-hydroxylation sites is 1. The predicted octanol–water partition coefficient (Wildman–Crippen LogP) is 2.24. The molecular weight excluding hydrogens is 226 g/mol. The first-order valence-electron chi connectivity index (χ1n) is 5.83. The summed E-state index contributed by atoms with van der Waals surface area (Å²) in [6.45, 7) is 1.99. The quantitative estimate of drug-likeness (QED) is 0.802. The van der Waals surface area contributed by atoms with E-state index in [2.05, 4.69) is 15.6 Å². The molecule has 1 aromatic heterocycles. The second-order valence-electron chi connectivity index (χ2n) is 4.30. The highest BCUT2D eigenvalue weighted by molar-refractivity contribution is 6.02. The Morgan fingerprint density at radius 2 is 2.00 bits per heavy atom. The molecule has 2 aromatic rings. The van der Waals surface area contributed by atoms with Crippen LogP contribution in [0.2, 0.25) is 0 Å². The van der Waals surface area contributed by atoms with Crippen LogP contribution in [0.25, 0.3) is 0 Å². The van der Waals surface area contributed by atoms with Crippen LogP contribution >= 0.6 is 0 Å². The number of benzene rings is 1. The summed E-state index contributed by atoms with van der Waals surface area (Å²) in [4.78, 5) is 16.3. The number of nitrogens with zero attached hydrogens (tertiary/aromatic N) is 1. The average Bonchev–Trinajstić information content (AvgIpc) is 2.41. The van der Waals surface area contributed by atoms with E-state index in [0.29, 0.717) is 5.56 Å². The first-order chi connectivity index (χ1) is 8.75. The number of anilines is 1. The van der Waals surface area contributed by atoms with Crippen molar-refractivity contribution in [2.45, 2.75) is 13.1 Å². The molecule has 0 saturated carbocycles. The fourth-order valence-corrected chi connectivity index (χ4v) is 2.13. The van der Waals surface area contributed by atoms with Gasteiger partial charge in [-0.25, -0.2) is 0 Å². The van der Waals surface area contributed by atoms with E-state index < -0.39 is 0 Å². The molecule has 0 fully saturated rings. The third-order valence-corrected chi connectivity index (χ3v) is 3.07. The fraction of sp³-hybridized carbons (Fsp3) is 0.143. The van der Waals surface area contributed by atoms with Crippen LogP contribution in [0.3, 0.4) is 0 Å². The van der Waals surface area contributed by atoms with Gasteiger partial charge in [0.1, 0.15) is 6.17 Å². The highest BCUT2D eigenvalue weighted by atomic mass is 16.2. The summed E-state index contributed by atoms with van der Waals surface area (Å²) in [5.74, 6) is -0.0666. The molecule has 0 aliphatic carbocycles. The van der Waals surface area contributed by atoms with Crippen LogP contribution in [-0.2, 0) is 0 Å². The van der Waals surface area contributed by atoms with Gasteiger partial charge in [-0.05, 0) is 30.7 Å². The molecule has 1 aliphatic heterocycles. The van der Waals surface area contributed by atoms with Gasteiger partial charge in [-0.3, -0.25) is 9.78 Å². The second-order valence-corrected chi connectivity index (χ2v) is 4.30. The van der Waals surface area contributed by atoms with Crippen LogP contribution in [0.4, 0.5) is 5.69 Å². The summed E-state index contributed by atoms with van der Waals surface area (Å²) < 4.78 is 0. The molecule has 2 N–H and O–H groups in total. The van der Waals surface area contributed by atoms with Gasteiger partial charge in [0, 0.05) is 6.20 Å². The van der Waals surface area contributed by atoms with E-state index >= 15 is 0 Å². The van der Waals surface area contributed by atoms with Crippen molar-refractivity contribution < 1.29 is 4.79 Å². The first-order valence-corrected chi connectivity index (χ1v) is 5.83. The van der Waals surface area contributed by atoms with Gasteiger partial charge in [-0.1, -0.05) is 18.2 Å². The van der Waals surface area contributed by atoms with Crippen molar-refractivity contribution in [2.24, 2.45) is 0 Å². The minimum absolute atomic E-state index is 0.0666. The van der Waals surface area contributed by atoms with Crippen molar-refractivity contribution in [1.29, 1.82) is 0 Å². The zero-order chi connectivity index (χ0) is 12.5. The van der Waals surface area contributed by atoms with Crippen molar-refractivity contribution >= 4 is 11.6 Å². The molecule has 1 unspecified atom stereocenters. The van der Waals surface area contributed by atoms with E-state index in [9.17, 15) is 4.79 Å². The standard InChI is InChI=1S/C14H13N3O/c1-9-5-4-6-10-12(9)16-13(17-14(10)18)11-7-2-3-8-15-11/h2-8,13,16H,1H3,(H,17,18). The van der Waals surface area contributed by atoms with Crippen LogP contribution in [0.1, 0.15) is 27.8 Å². The zero-order valence-corrected chi connectivity index (χ0v) is 9.97. The van der Waals surface area contributed by atoms with Crippen molar-refractivity contribution in [1.82, 2.24) is 10.3 Å². The Morgan fingerprint density at radius 3 is 2.78 bits per heavy atom. The molecule has 90 valence electrons. The molecule has 2 heterocycles. The van der Waals surface area contributed by atoms with Gasteiger partial charge in [0.05, 0.1) is 16.9 Å². The molecule has 0 bridgehead atoms. The van der Waals surface area contributed by atoms with E-state index in [1.54, 1.807) is 6.20 Å². The number of hydrogen-bond acceptors (Lipinski definition) is 3. The third kappa shape index (κ3) is 1.72. The molecule has 1 aromatic carbocycles. The fourth-order valence-electron chi connectivity index (χ4n) is 2.13. The normalized spacial score (nSPS) is 17.6. The summed E-state index contributed by atoms with van der Waals surface area (Å²) in [6.07, 6.45) is 1.45. The lowest BCUT2D eigenvalue weighted by Crippen LogP contribution is -2.39. The summed E-state index contributed by atoms with van der Waals surface area (Å²) in [5.41, 5.74) is 3.43. The number of fused-ring (bicyclic) bond motifs is 1. The highest BCUT2D eigenvalue weighted by Gasteiger charge is 2.25. The summed E-state index contributed by atoms with van der Waals surface area (Å²) >= 11 is 0. The minimum atomic E-state index is -0.271. The molecule has 1 aliphatic rings. The van der Waals surface area contributed by atoms with E-state index in [0.717, 1.165) is 16.9 Å². The molecule has 4 nitrogen and oxygen atoms in total. The molecule has 0 saturated heterocycles. The van der Waals surface area contributed by atoms with Gasteiger partial charge < -0.3 is 10.6 Å². The maximum atomic E-state index is 12.0. The maximum Gasteiger partial charge on any atom is 0.255 e. The Balaban J connectivity index is 2.01. The number of pyridine rings is 1. The summed E-state index contributed by atoms with van der Waals surface area (Å²) in [7, 11) is 0. The molecule has 3 rings (SSSR count). The number of aromatic nitrogens is 1. The van der Waals surface area contributed by atoms with E-state index in [4.69, 9.17) is 0 Å². The topological polar surface area (TPSA) is 54.0 Å². The van der Waals surface area contributed by atoms with Gasteiger partial charge >= 0.3 is 0 Å². The van der Waals surface area contributed by atoms with Gasteiger partial charge in [-0.15, -0.1) is 0 Å². The van der Waals surface area contributed by atoms with Crippen LogP contribution in [-0.4, -0.2) is 10.9 Å². The number of carbonyl (C=O) groups excluding carboxylic acids is 1. The molecular formula is C14H13N3O. The molecule has 0 spiro atoms. The van der Waals surface area contributed by atoms with Crippen LogP contribution < -0.4 is 10.6 Å². The van der Waals surface area contributed by atoms with Crippen molar-refractivity contribution in [2.75, 3.05) is 5.32 Å². The molecule has 0 radical (unpaired) electrons. The highest BCUT2D eigenvalue weighted by Crippen LogP contribution is 2.28. The van der Waals surface area contributed by atoms with E-state index in [1.165, 1.54) is 0 Å². The number of aryl methyl sites for hydroxylation is 1. The van der Waals surface area contributed by atoms with Gasteiger partial charge in [0.15, 0.2) is 0 Å². The van der Waals surface area contributed by atoms with Crippen LogP contribution in [0, 0.1) is 6.92 Å². The number of rotatable bonds is 1. The Kier molecular flexibility index (Phi) is 2.48. The van der Waals surface area contributed by atoms with E-state index in [-0.39, 0.29) is 12.1 Å². The lowest BCUT2D eigenvalue weighted by molar-refractivity contribution is 0.0934. The smallest absolute Gasteiger partial charge is 0.255 e. The average molecular weight is 239 g/mol. The SMILES string of the molecule is Cc1cccc2c1NC(c1ccccn1)NC2=O. The first kappa shape index (κ1) is 10.8. The van der Waals surface area contributed by atoms with Crippen molar-refractivity contribution in [3.63, 3.8) is 0 Å². The number of amides is 1. The van der Waals surface area contributed by atoms with Crippen LogP contribution in [0.5, 0.6) is 0 Å². The van der Waals surface area contributed by atoms with Gasteiger partial charge in [0.2, 0.25) is 0 Å². The van der Waals surface area contributed by atoms with Crippen LogP contribution in [0.15, 0.2) is 42.6 Å². The Morgan fingerprint density at radius 1 is 1.11 bits per heavy atom. The zero-order valence-electron chi connectivity index (χ0n) is 9.97. The second kappa shape index (κ2) is 4.14. The predicted molar refractivity (Wildman–Crippen MR) is 69.2 cm³/mol. The number of nitrogens with one attached hydrogen (secondary N) is 2. The Labute approximate surface area is 105 Å². The Hall–Kier alpha value is -2.36. The largest absolute Gasteiger partial charge is 0.359 e. The number of carbonyl (C=O) groups is 1. The maximum absolute atomic E-state index is 12.0. The summed E-state index contributed by atoms with van der Waals surface area (Å²) in [5, 5.41) is 6.22. The van der Waals surface area contributed by atoms with Crippen molar-refractivity contribution in [3.05, 3.63) is 59.4 Å². The number of hydrogen-bond donors (Lipinski definition) is 2. The third-order valence-electron chi connectivity index (χ3n) is 3.07. The monoisotopic (exact) mass is 239 g/mol. The van der Waals surface area contributed by atoms with Crippen molar-refractivity contribution in [3.8, 4) is 0 Å². The molecule has 18 heavy (non-hydrogen) atoms. The molecule has 1 atom stereocenters. The van der Waals surface area contributed by atoms with Gasteiger partial charge in [0.25, 0.3) is 5.91 Å². The Bertz CT molecular complexity index is 595. The van der Waals surface area contributed by atoms with E-state index in [1.807, 2.05) is 43.3 Å².